The lowest BCUT2D eigenvalue weighted by Crippen LogP contribution is -2.23. The minimum atomic E-state index is -0.723. The topological polar surface area (TPSA) is 128 Å². The lowest BCUT2D eigenvalue weighted by Gasteiger charge is -2.10. The van der Waals surface area contributed by atoms with Gasteiger partial charge in [-0.25, -0.2) is 9.78 Å². The highest BCUT2D eigenvalue weighted by atomic mass is 35.5. The number of aromatic amines is 2. The predicted octanol–water partition coefficient (Wildman–Crippen LogP) is 2.04. The summed E-state index contributed by atoms with van der Waals surface area (Å²) < 4.78 is 0. The van der Waals surface area contributed by atoms with Crippen LogP contribution in [0.5, 0.6) is 0 Å². The third-order valence-corrected chi connectivity index (χ3v) is 3.97. The highest BCUT2D eigenvalue weighted by molar-refractivity contribution is 6.42. The van der Waals surface area contributed by atoms with Crippen LogP contribution in [0.3, 0.4) is 0 Å². The molecule has 2 heterocycles. The van der Waals surface area contributed by atoms with Crippen molar-refractivity contribution in [3.8, 4) is 17.2 Å². The number of nitrogen functional groups attached to an aromatic ring is 1. The number of nitrogens with one attached hydrogen (secondary N) is 2. The second-order valence-corrected chi connectivity index (χ2v) is 5.43. The van der Waals surface area contributed by atoms with Crippen LogP contribution in [0, 0.1) is 11.3 Å². The van der Waals surface area contributed by atoms with E-state index >= 15 is 0 Å². The standard InChI is InChI=1S/C14H7Cl2N5O2/c15-7-2-1-5(3-8(7)16)9-6(4-17)11(18)19-12-10(9)13(22)21-14(23)20-12/h1-3H,(H4,18,19,20,21,22,23). The van der Waals surface area contributed by atoms with Gasteiger partial charge in [-0.15, -0.1) is 0 Å². The number of rotatable bonds is 1. The lowest BCUT2D eigenvalue weighted by molar-refractivity contribution is 1.06. The van der Waals surface area contributed by atoms with Crippen molar-refractivity contribution < 1.29 is 0 Å². The van der Waals surface area contributed by atoms with Crippen molar-refractivity contribution in [3.05, 3.63) is 54.6 Å². The first-order valence-corrected chi connectivity index (χ1v) is 6.99. The van der Waals surface area contributed by atoms with Crippen LogP contribution in [0.15, 0.2) is 27.8 Å². The van der Waals surface area contributed by atoms with Gasteiger partial charge in [-0.3, -0.25) is 14.8 Å². The van der Waals surface area contributed by atoms with E-state index in [0.717, 1.165) is 0 Å². The maximum absolute atomic E-state index is 12.2. The van der Waals surface area contributed by atoms with Crippen LogP contribution in [0.1, 0.15) is 5.56 Å². The van der Waals surface area contributed by atoms with Crippen LogP contribution >= 0.6 is 23.2 Å². The molecule has 7 nitrogen and oxygen atoms in total. The molecule has 3 rings (SSSR count). The van der Waals surface area contributed by atoms with E-state index in [-0.39, 0.29) is 33.0 Å². The van der Waals surface area contributed by atoms with Crippen LogP contribution < -0.4 is 17.0 Å². The zero-order valence-corrected chi connectivity index (χ0v) is 12.8. The Labute approximate surface area is 138 Å². The molecular weight excluding hydrogens is 341 g/mol. The fourth-order valence-corrected chi connectivity index (χ4v) is 2.57. The summed E-state index contributed by atoms with van der Waals surface area (Å²) >= 11 is 11.9. The highest BCUT2D eigenvalue weighted by Crippen LogP contribution is 2.34. The highest BCUT2D eigenvalue weighted by Gasteiger charge is 2.19. The third-order valence-electron chi connectivity index (χ3n) is 3.23. The second-order valence-electron chi connectivity index (χ2n) is 4.62. The van der Waals surface area contributed by atoms with Gasteiger partial charge in [-0.05, 0) is 17.7 Å². The van der Waals surface area contributed by atoms with Crippen molar-refractivity contribution in [1.82, 2.24) is 15.0 Å². The molecule has 114 valence electrons. The molecule has 3 aromatic rings. The van der Waals surface area contributed by atoms with Gasteiger partial charge in [0.05, 0.1) is 15.4 Å². The van der Waals surface area contributed by atoms with E-state index < -0.39 is 11.2 Å². The van der Waals surface area contributed by atoms with E-state index in [0.29, 0.717) is 10.6 Å². The average Bonchev–Trinajstić information content (AvgIpc) is 2.48. The van der Waals surface area contributed by atoms with Gasteiger partial charge in [0.1, 0.15) is 23.1 Å². The zero-order valence-electron chi connectivity index (χ0n) is 11.3. The average molecular weight is 348 g/mol. The Morgan fingerprint density at radius 1 is 1.17 bits per heavy atom. The van der Waals surface area contributed by atoms with Gasteiger partial charge in [-0.1, -0.05) is 29.3 Å². The molecule has 0 saturated heterocycles. The number of benzene rings is 1. The molecule has 0 radical (unpaired) electrons. The Balaban J connectivity index is 2.56. The molecule has 0 amide bonds. The molecule has 4 N–H and O–H groups in total. The van der Waals surface area contributed by atoms with E-state index in [1.165, 1.54) is 12.1 Å². The number of nitrogens with two attached hydrogens (primary N) is 1. The lowest BCUT2D eigenvalue weighted by atomic mass is 9.98. The van der Waals surface area contributed by atoms with Crippen LogP contribution in [-0.2, 0) is 0 Å². The van der Waals surface area contributed by atoms with Gasteiger partial charge in [0, 0.05) is 5.56 Å². The van der Waals surface area contributed by atoms with Gasteiger partial charge >= 0.3 is 5.69 Å². The number of pyridine rings is 1. The molecule has 9 heteroatoms. The molecule has 0 spiro atoms. The van der Waals surface area contributed by atoms with E-state index in [9.17, 15) is 14.9 Å². The molecule has 2 aromatic heterocycles. The van der Waals surface area contributed by atoms with Crippen LogP contribution in [0.25, 0.3) is 22.2 Å². The molecule has 0 atom stereocenters. The van der Waals surface area contributed by atoms with E-state index in [1.807, 2.05) is 6.07 Å². The quantitative estimate of drug-likeness (QED) is 0.620. The molecule has 0 aliphatic carbocycles. The summed E-state index contributed by atoms with van der Waals surface area (Å²) in [4.78, 5) is 32.0. The van der Waals surface area contributed by atoms with Crippen molar-refractivity contribution in [2.75, 3.05) is 5.73 Å². The molecule has 0 bridgehead atoms. The summed E-state index contributed by atoms with van der Waals surface area (Å²) in [6.07, 6.45) is 0. The van der Waals surface area contributed by atoms with Crippen molar-refractivity contribution >= 4 is 40.1 Å². The molecule has 0 unspecified atom stereocenters. The minimum Gasteiger partial charge on any atom is -0.383 e. The molecule has 0 fully saturated rings. The van der Waals surface area contributed by atoms with Gasteiger partial charge in [0.25, 0.3) is 5.56 Å². The number of hydrogen-bond acceptors (Lipinski definition) is 5. The summed E-state index contributed by atoms with van der Waals surface area (Å²) in [6.45, 7) is 0. The number of aromatic nitrogens is 3. The number of halogens is 2. The van der Waals surface area contributed by atoms with Gasteiger partial charge in [0.15, 0.2) is 0 Å². The van der Waals surface area contributed by atoms with Gasteiger partial charge in [0.2, 0.25) is 0 Å². The molecule has 1 aromatic carbocycles. The van der Waals surface area contributed by atoms with Gasteiger partial charge in [-0.2, -0.15) is 5.26 Å². The van der Waals surface area contributed by atoms with Gasteiger partial charge < -0.3 is 5.73 Å². The maximum atomic E-state index is 12.2. The van der Waals surface area contributed by atoms with Crippen LogP contribution in [0.2, 0.25) is 10.0 Å². The largest absolute Gasteiger partial charge is 0.383 e. The van der Waals surface area contributed by atoms with Crippen LogP contribution in [0.4, 0.5) is 5.82 Å². The number of anilines is 1. The Morgan fingerprint density at radius 2 is 1.91 bits per heavy atom. The number of hydrogen-bond donors (Lipinski definition) is 3. The van der Waals surface area contributed by atoms with E-state index in [4.69, 9.17) is 28.9 Å². The SMILES string of the molecule is N#Cc1c(N)nc2[nH]c(=O)[nH]c(=O)c2c1-c1ccc(Cl)c(Cl)c1. The number of H-pyrrole nitrogens is 2. The third kappa shape index (κ3) is 2.44. The van der Waals surface area contributed by atoms with Crippen molar-refractivity contribution in [2.24, 2.45) is 0 Å². The first-order chi connectivity index (χ1) is 10.9. The summed E-state index contributed by atoms with van der Waals surface area (Å²) in [5.41, 5.74) is 5.04. The molecule has 0 aliphatic heterocycles. The van der Waals surface area contributed by atoms with Crippen molar-refractivity contribution in [2.45, 2.75) is 0 Å². The predicted molar refractivity (Wildman–Crippen MR) is 87.6 cm³/mol. The molecule has 0 saturated carbocycles. The number of nitriles is 1. The smallest absolute Gasteiger partial charge is 0.327 e. The van der Waals surface area contributed by atoms with E-state index in [2.05, 4.69) is 15.0 Å². The Hall–Kier alpha value is -2.82. The van der Waals surface area contributed by atoms with E-state index in [1.54, 1.807) is 6.07 Å². The van der Waals surface area contributed by atoms with Crippen molar-refractivity contribution in [1.29, 1.82) is 5.26 Å². The summed E-state index contributed by atoms with van der Waals surface area (Å²) in [5, 5.41) is 9.98. The van der Waals surface area contributed by atoms with Crippen LogP contribution in [-0.4, -0.2) is 15.0 Å². The number of nitrogens with zero attached hydrogens (tertiary/aromatic N) is 2. The monoisotopic (exact) mass is 347 g/mol. The normalized spacial score (nSPS) is 10.7. The Morgan fingerprint density at radius 3 is 2.57 bits per heavy atom. The zero-order chi connectivity index (χ0) is 16.7. The number of fused-ring (bicyclic) bond motifs is 1. The minimum absolute atomic E-state index is 0.00781. The second kappa shape index (κ2) is 5.43. The van der Waals surface area contributed by atoms with Crippen molar-refractivity contribution in [3.63, 3.8) is 0 Å². The molecule has 23 heavy (non-hydrogen) atoms. The molecular formula is C14H7Cl2N5O2. The fourth-order valence-electron chi connectivity index (χ4n) is 2.27. The summed E-state index contributed by atoms with van der Waals surface area (Å²) in [5.74, 6) is -0.109. The molecule has 0 aliphatic rings. The first kappa shape index (κ1) is 15.1. The Bertz CT molecular complexity index is 1110. The summed E-state index contributed by atoms with van der Waals surface area (Å²) in [6, 6.07) is 6.55. The Kier molecular flexibility index (Phi) is 3.56. The maximum Gasteiger partial charge on any atom is 0.327 e. The first-order valence-electron chi connectivity index (χ1n) is 6.23. The summed E-state index contributed by atoms with van der Waals surface area (Å²) in [7, 11) is 0. The fraction of sp³-hybridized carbons (Fsp3) is 0.